The Morgan fingerprint density at radius 2 is 1.73 bits per heavy atom. The lowest BCUT2D eigenvalue weighted by Gasteiger charge is -2.23. The van der Waals surface area contributed by atoms with Gasteiger partial charge in [-0.15, -0.1) is 0 Å². The molecule has 1 aromatic heterocycles. The number of aryl methyl sites for hydroxylation is 1. The normalized spacial score (nSPS) is 11.5. The van der Waals surface area contributed by atoms with Gasteiger partial charge in [-0.3, -0.25) is 14.9 Å². The van der Waals surface area contributed by atoms with Crippen LogP contribution in [0.15, 0.2) is 88.9 Å². The highest BCUT2D eigenvalue weighted by molar-refractivity contribution is 7.92. The first kappa shape index (κ1) is 28.8. The number of hydrogen-bond donors (Lipinski definition) is 1. The molecule has 0 aliphatic rings. The van der Waals surface area contributed by atoms with E-state index in [1.807, 2.05) is 24.5 Å². The summed E-state index contributed by atoms with van der Waals surface area (Å²) in [4.78, 5) is 23.7. The number of carbonyl (C=O) groups is 1. The molecule has 0 aliphatic carbocycles. The largest absolute Gasteiger partial charge is 0.316 e. The summed E-state index contributed by atoms with van der Waals surface area (Å²) in [6.07, 6.45) is 1.41. The fourth-order valence-corrected chi connectivity index (χ4v) is 5.96. The van der Waals surface area contributed by atoms with Crippen LogP contribution in [0.5, 0.6) is 0 Å². The summed E-state index contributed by atoms with van der Waals surface area (Å²) in [5.41, 5.74) is 4.56. The van der Waals surface area contributed by atoms with Gasteiger partial charge >= 0.3 is 0 Å². The Morgan fingerprint density at radius 3 is 2.42 bits per heavy atom. The topological polar surface area (TPSA) is 127 Å². The van der Waals surface area contributed by atoms with Crippen molar-refractivity contribution in [1.82, 2.24) is 9.99 Å². The Labute approximate surface area is 240 Å². The number of rotatable bonds is 9. The van der Waals surface area contributed by atoms with E-state index >= 15 is 0 Å². The van der Waals surface area contributed by atoms with Crippen molar-refractivity contribution in [3.8, 4) is 5.69 Å². The van der Waals surface area contributed by atoms with E-state index in [1.54, 1.807) is 24.3 Å². The molecule has 3 aromatic carbocycles. The molecule has 0 atom stereocenters. The lowest BCUT2D eigenvalue weighted by Crippen LogP contribution is -2.39. The Hall–Kier alpha value is -4.19. The first-order chi connectivity index (χ1) is 19.0. The second-order valence-corrected chi connectivity index (χ2v) is 11.3. The Kier molecular flexibility index (Phi) is 8.58. The summed E-state index contributed by atoms with van der Waals surface area (Å²) >= 11 is 12.5. The van der Waals surface area contributed by atoms with Crippen molar-refractivity contribution in [2.24, 2.45) is 5.10 Å². The van der Waals surface area contributed by atoms with Crippen molar-refractivity contribution in [2.75, 3.05) is 10.8 Å². The van der Waals surface area contributed by atoms with Crippen LogP contribution in [0.1, 0.15) is 17.0 Å². The number of carbonyl (C=O) groups excluding carboxylic acids is 1. The van der Waals surface area contributed by atoms with Crippen LogP contribution in [0.2, 0.25) is 10.0 Å². The number of hydrazone groups is 1. The zero-order valence-electron chi connectivity index (χ0n) is 21.3. The van der Waals surface area contributed by atoms with E-state index < -0.39 is 33.1 Å². The van der Waals surface area contributed by atoms with Crippen LogP contribution in [0.3, 0.4) is 0 Å². The maximum absolute atomic E-state index is 13.5. The molecule has 13 heteroatoms. The second-order valence-electron chi connectivity index (χ2n) is 8.62. The van der Waals surface area contributed by atoms with E-state index in [0.717, 1.165) is 11.4 Å². The molecule has 0 aliphatic heterocycles. The number of nitro benzene ring substituents is 1. The van der Waals surface area contributed by atoms with Crippen molar-refractivity contribution in [3.05, 3.63) is 116 Å². The lowest BCUT2D eigenvalue weighted by molar-refractivity contribution is -0.384. The maximum Gasteiger partial charge on any atom is 0.293 e. The summed E-state index contributed by atoms with van der Waals surface area (Å²) in [5, 5.41) is 16.7. The molecule has 0 fully saturated rings. The van der Waals surface area contributed by atoms with Crippen LogP contribution in [0, 0.1) is 24.0 Å². The van der Waals surface area contributed by atoms with E-state index in [2.05, 4.69) is 10.5 Å². The quantitative estimate of drug-likeness (QED) is 0.151. The van der Waals surface area contributed by atoms with E-state index in [9.17, 15) is 23.3 Å². The average molecular weight is 600 g/mol. The predicted molar refractivity (Wildman–Crippen MR) is 155 cm³/mol. The summed E-state index contributed by atoms with van der Waals surface area (Å²) in [6, 6.07) is 19.6. The van der Waals surface area contributed by atoms with E-state index in [0.29, 0.717) is 25.6 Å². The van der Waals surface area contributed by atoms with Gasteiger partial charge in [-0.05, 0) is 56.3 Å². The van der Waals surface area contributed by atoms with Crippen molar-refractivity contribution in [3.63, 3.8) is 0 Å². The van der Waals surface area contributed by atoms with Crippen LogP contribution in [-0.4, -0.2) is 36.6 Å². The number of hydrogen-bond acceptors (Lipinski definition) is 6. The summed E-state index contributed by atoms with van der Waals surface area (Å²) in [6.45, 7) is 2.96. The lowest BCUT2D eigenvalue weighted by atomic mass is 10.2. The van der Waals surface area contributed by atoms with Gasteiger partial charge in [-0.2, -0.15) is 5.10 Å². The number of sulfonamides is 1. The molecule has 1 amide bonds. The third-order valence-corrected chi connectivity index (χ3v) is 8.31. The molecular formula is C27H23Cl2N5O5S. The standard InChI is InChI=1S/C27H23Cl2N5O5S/c1-18-14-20(19(2)33(18)26-15-21(28)12-13-23(26)29)16-30-31-27(35)17-32(24-10-6-7-11-25(24)34(36)37)40(38,39)22-8-4-3-5-9-22/h3-16H,17H2,1-2H3,(H,31,35)/b30-16+. The van der Waals surface area contributed by atoms with Gasteiger partial charge in [0.2, 0.25) is 0 Å². The molecular weight excluding hydrogens is 577 g/mol. The van der Waals surface area contributed by atoms with E-state index in [-0.39, 0.29) is 10.6 Å². The molecule has 0 unspecified atom stereocenters. The van der Waals surface area contributed by atoms with Crippen LogP contribution in [0.4, 0.5) is 11.4 Å². The SMILES string of the molecule is Cc1cc(/C=N/NC(=O)CN(c2ccccc2[N+](=O)[O-])S(=O)(=O)c2ccccc2)c(C)n1-c1cc(Cl)ccc1Cl. The fraction of sp³-hybridized carbons (Fsp3) is 0.111. The average Bonchev–Trinajstić information content (AvgIpc) is 3.21. The van der Waals surface area contributed by atoms with Crippen LogP contribution in [0.25, 0.3) is 5.69 Å². The van der Waals surface area contributed by atoms with Gasteiger partial charge in [-0.25, -0.2) is 18.1 Å². The summed E-state index contributed by atoms with van der Waals surface area (Å²) < 4.78 is 29.5. The van der Waals surface area contributed by atoms with Gasteiger partial charge < -0.3 is 4.57 Å². The number of halogens is 2. The van der Waals surface area contributed by atoms with Crippen molar-refractivity contribution >= 4 is 56.7 Å². The molecule has 4 rings (SSSR count). The molecule has 0 saturated heterocycles. The second kappa shape index (κ2) is 11.9. The first-order valence-electron chi connectivity index (χ1n) is 11.8. The highest BCUT2D eigenvalue weighted by atomic mass is 35.5. The Morgan fingerprint density at radius 1 is 1.05 bits per heavy atom. The van der Waals surface area contributed by atoms with Crippen LogP contribution >= 0.6 is 23.2 Å². The predicted octanol–water partition coefficient (Wildman–Crippen LogP) is 5.65. The molecule has 10 nitrogen and oxygen atoms in total. The van der Waals surface area contributed by atoms with Crippen molar-refractivity contribution in [1.29, 1.82) is 0 Å². The molecule has 40 heavy (non-hydrogen) atoms. The monoisotopic (exact) mass is 599 g/mol. The number of nitrogens with zero attached hydrogens (tertiary/aromatic N) is 4. The number of benzene rings is 3. The number of nitrogens with one attached hydrogen (secondary N) is 1. The highest BCUT2D eigenvalue weighted by Crippen LogP contribution is 2.32. The Bertz CT molecular complexity index is 1720. The third-order valence-electron chi connectivity index (χ3n) is 5.98. The van der Waals surface area contributed by atoms with Crippen LogP contribution < -0.4 is 9.73 Å². The number of amides is 1. The van der Waals surface area contributed by atoms with E-state index in [1.165, 1.54) is 54.7 Å². The van der Waals surface area contributed by atoms with Crippen molar-refractivity contribution < 1.29 is 18.1 Å². The van der Waals surface area contributed by atoms with Crippen LogP contribution in [-0.2, 0) is 14.8 Å². The van der Waals surface area contributed by atoms with Gasteiger partial charge in [0, 0.05) is 28.0 Å². The number of nitro groups is 1. The molecule has 0 radical (unpaired) electrons. The number of aromatic nitrogens is 1. The minimum atomic E-state index is -4.34. The number of anilines is 1. The summed E-state index contributed by atoms with van der Waals surface area (Å²) in [5.74, 6) is -0.805. The molecule has 4 aromatic rings. The first-order valence-corrected chi connectivity index (χ1v) is 14.0. The smallest absolute Gasteiger partial charge is 0.293 e. The third kappa shape index (κ3) is 6.01. The molecule has 0 saturated carbocycles. The molecule has 1 N–H and O–H groups in total. The molecule has 0 spiro atoms. The zero-order valence-corrected chi connectivity index (χ0v) is 23.6. The molecule has 1 heterocycles. The highest BCUT2D eigenvalue weighted by Gasteiger charge is 2.31. The van der Waals surface area contributed by atoms with Gasteiger partial charge in [-0.1, -0.05) is 53.5 Å². The number of para-hydroxylation sites is 2. The minimum Gasteiger partial charge on any atom is -0.316 e. The van der Waals surface area contributed by atoms with Gasteiger partial charge in [0.15, 0.2) is 0 Å². The van der Waals surface area contributed by atoms with Crippen molar-refractivity contribution in [2.45, 2.75) is 18.7 Å². The van der Waals surface area contributed by atoms with Gasteiger partial charge in [0.1, 0.15) is 12.2 Å². The zero-order chi connectivity index (χ0) is 29.0. The fourth-order valence-electron chi connectivity index (χ4n) is 4.13. The van der Waals surface area contributed by atoms with Gasteiger partial charge in [0.05, 0.1) is 26.7 Å². The minimum absolute atomic E-state index is 0.128. The Balaban J connectivity index is 1.61. The maximum atomic E-state index is 13.5. The summed E-state index contributed by atoms with van der Waals surface area (Å²) in [7, 11) is -4.34. The van der Waals surface area contributed by atoms with Gasteiger partial charge in [0.25, 0.3) is 21.6 Å². The molecule has 206 valence electrons. The van der Waals surface area contributed by atoms with E-state index in [4.69, 9.17) is 23.2 Å². The molecule has 0 bridgehead atoms.